The van der Waals surface area contributed by atoms with Crippen LogP contribution < -0.4 is 10.6 Å². The minimum absolute atomic E-state index is 0.300. The van der Waals surface area contributed by atoms with Gasteiger partial charge in [-0.3, -0.25) is 9.59 Å². The minimum Gasteiger partial charge on any atom is -0.347 e. The molecular weight excluding hydrogens is 307 g/mol. The molecule has 0 heterocycles. The molecule has 2 rings (SSSR count). The standard InChI is InChI=1S/C19H21FN2O2/c1-12-10-13(2)17(14(3)11-12)22-19(24)18(23)21-9-8-15-4-6-16(20)7-5-15/h4-7,10-11H,8-9H2,1-3H3,(H,21,23)(H,22,24). The van der Waals surface area contributed by atoms with Crippen molar-refractivity contribution in [2.75, 3.05) is 11.9 Å². The molecular formula is C19H21FN2O2. The Hall–Kier alpha value is -2.69. The van der Waals surface area contributed by atoms with Gasteiger partial charge in [0.25, 0.3) is 0 Å². The zero-order valence-electron chi connectivity index (χ0n) is 14.1. The smallest absolute Gasteiger partial charge is 0.313 e. The van der Waals surface area contributed by atoms with Gasteiger partial charge in [0, 0.05) is 12.2 Å². The molecule has 24 heavy (non-hydrogen) atoms. The fourth-order valence-corrected chi connectivity index (χ4v) is 2.60. The van der Waals surface area contributed by atoms with Crippen molar-refractivity contribution >= 4 is 17.5 Å². The van der Waals surface area contributed by atoms with E-state index in [0.717, 1.165) is 22.3 Å². The second-order valence-electron chi connectivity index (χ2n) is 5.86. The summed E-state index contributed by atoms with van der Waals surface area (Å²) in [4.78, 5) is 23.9. The van der Waals surface area contributed by atoms with Gasteiger partial charge in [-0.25, -0.2) is 4.39 Å². The number of benzene rings is 2. The summed E-state index contributed by atoms with van der Waals surface area (Å²) in [7, 11) is 0. The van der Waals surface area contributed by atoms with Crippen molar-refractivity contribution in [3.8, 4) is 0 Å². The van der Waals surface area contributed by atoms with Crippen LogP contribution in [0.5, 0.6) is 0 Å². The fraction of sp³-hybridized carbons (Fsp3) is 0.263. The summed E-state index contributed by atoms with van der Waals surface area (Å²) in [6.07, 6.45) is 0.530. The average molecular weight is 328 g/mol. The van der Waals surface area contributed by atoms with E-state index in [-0.39, 0.29) is 5.82 Å². The summed E-state index contributed by atoms with van der Waals surface area (Å²) in [5.41, 5.74) is 4.49. The summed E-state index contributed by atoms with van der Waals surface area (Å²) >= 11 is 0. The van der Waals surface area contributed by atoms with E-state index in [2.05, 4.69) is 10.6 Å². The minimum atomic E-state index is -0.691. The van der Waals surface area contributed by atoms with E-state index in [1.165, 1.54) is 12.1 Å². The van der Waals surface area contributed by atoms with Crippen molar-refractivity contribution in [2.24, 2.45) is 0 Å². The summed E-state index contributed by atoms with van der Waals surface area (Å²) in [5, 5.41) is 5.23. The van der Waals surface area contributed by atoms with Crippen LogP contribution in [0.25, 0.3) is 0 Å². The molecule has 0 saturated heterocycles. The Balaban J connectivity index is 1.88. The van der Waals surface area contributed by atoms with Crippen molar-refractivity contribution < 1.29 is 14.0 Å². The molecule has 0 aliphatic heterocycles. The molecule has 0 bridgehead atoms. The fourth-order valence-electron chi connectivity index (χ4n) is 2.60. The van der Waals surface area contributed by atoms with E-state index in [9.17, 15) is 14.0 Å². The van der Waals surface area contributed by atoms with Gasteiger partial charge >= 0.3 is 11.8 Å². The summed E-state index contributed by atoms with van der Waals surface area (Å²) in [6, 6.07) is 9.95. The Kier molecular flexibility index (Phi) is 5.68. The Labute approximate surface area is 141 Å². The lowest BCUT2D eigenvalue weighted by Crippen LogP contribution is -2.36. The molecule has 0 fully saturated rings. The molecule has 0 atom stereocenters. The second-order valence-corrected chi connectivity index (χ2v) is 5.86. The third-order valence-corrected chi connectivity index (χ3v) is 3.73. The molecule has 0 aliphatic rings. The first-order valence-corrected chi connectivity index (χ1v) is 7.78. The predicted molar refractivity (Wildman–Crippen MR) is 92.4 cm³/mol. The maximum absolute atomic E-state index is 12.8. The Morgan fingerprint density at radius 2 is 1.54 bits per heavy atom. The van der Waals surface area contributed by atoms with E-state index in [0.29, 0.717) is 18.7 Å². The van der Waals surface area contributed by atoms with Crippen LogP contribution >= 0.6 is 0 Å². The number of amides is 2. The maximum Gasteiger partial charge on any atom is 0.313 e. The lowest BCUT2D eigenvalue weighted by molar-refractivity contribution is -0.136. The first kappa shape index (κ1) is 17.7. The number of rotatable bonds is 4. The number of anilines is 1. The molecule has 0 aromatic heterocycles. The molecule has 2 N–H and O–H groups in total. The van der Waals surface area contributed by atoms with Crippen molar-refractivity contribution in [3.63, 3.8) is 0 Å². The van der Waals surface area contributed by atoms with Crippen molar-refractivity contribution in [2.45, 2.75) is 27.2 Å². The van der Waals surface area contributed by atoms with E-state index in [4.69, 9.17) is 0 Å². The third-order valence-electron chi connectivity index (χ3n) is 3.73. The molecule has 0 spiro atoms. The molecule has 2 aromatic rings. The largest absolute Gasteiger partial charge is 0.347 e. The van der Waals surface area contributed by atoms with Gasteiger partial charge in [0.1, 0.15) is 5.82 Å². The molecule has 2 amide bonds. The normalized spacial score (nSPS) is 10.3. The van der Waals surface area contributed by atoms with Crippen LogP contribution in [0.2, 0.25) is 0 Å². The molecule has 0 saturated carbocycles. The van der Waals surface area contributed by atoms with Crippen molar-refractivity contribution in [1.29, 1.82) is 0 Å². The monoisotopic (exact) mass is 328 g/mol. The van der Waals surface area contributed by atoms with Crippen molar-refractivity contribution in [3.05, 3.63) is 64.5 Å². The van der Waals surface area contributed by atoms with Crippen LogP contribution in [0.1, 0.15) is 22.3 Å². The zero-order valence-corrected chi connectivity index (χ0v) is 14.1. The van der Waals surface area contributed by atoms with Gasteiger partial charge in [0.15, 0.2) is 0 Å². The first-order valence-electron chi connectivity index (χ1n) is 7.78. The van der Waals surface area contributed by atoms with Gasteiger partial charge in [0.2, 0.25) is 0 Å². The van der Waals surface area contributed by atoms with Gasteiger partial charge in [-0.1, -0.05) is 29.8 Å². The first-order chi connectivity index (χ1) is 11.4. The number of carbonyl (C=O) groups is 2. The van der Waals surface area contributed by atoms with E-state index in [1.807, 2.05) is 32.9 Å². The van der Waals surface area contributed by atoms with Gasteiger partial charge in [-0.2, -0.15) is 0 Å². The summed E-state index contributed by atoms with van der Waals surface area (Å²) in [5.74, 6) is -1.67. The van der Waals surface area contributed by atoms with E-state index < -0.39 is 11.8 Å². The molecule has 2 aromatic carbocycles. The summed E-state index contributed by atoms with van der Waals surface area (Å²) in [6.45, 7) is 6.07. The highest BCUT2D eigenvalue weighted by Crippen LogP contribution is 2.21. The van der Waals surface area contributed by atoms with Gasteiger partial charge in [-0.15, -0.1) is 0 Å². The second kappa shape index (κ2) is 7.73. The molecule has 0 aliphatic carbocycles. The van der Waals surface area contributed by atoms with Crippen LogP contribution in [-0.4, -0.2) is 18.4 Å². The lowest BCUT2D eigenvalue weighted by Gasteiger charge is -2.12. The number of hydrogen-bond acceptors (Lipinski definition) is 2. The van der Waals surface area contributed by atoms with Crippen LogP contribution in [-0.2, 0) is 16.0 Å². The van der Waals surface area contributed by atoms with Crippen LogP contribution in [0.3, 0.4) is 0 Å². The highest BCUT2D eigenvalue weighted by Gasteiger charge is 2.15. The molecule has 0 radical (unpaired) electrons. The number of nitrogens with one attached hydrogen (secondary N) is 2. The maximum atomic E-state index is 12.8. The van der Waals surface area contributed by atoms with Crippen LogP contribution in [0.15, 0.2) is 36.4 Å². The summed E-state index contributed by atoms with van der Waals surface area (Å²) < 4.78 is 12.8. The van der Waals surface area contributed by atoms with Crippen molar-refractivity contribution in [1.82, 2.24) is 5.32 Å². The SMILES string of the molecule is Cc1cc(C)c(NC(=O)C(=O)NCCc2ccc(F)cc2)c(C)c1. The highest BCUT2D eigenvalue weighted by atomic mass is 19.1. The lowest BCUT2D eigenvalue weighted by atomic mass is 10.1. The predicted octanol–water partition coefficient (Wildman–Crippen LogP) is 3.05. The average Bonchev–Trinajstić information content (AvgIpc) is 2.52. The van der Waals surface area contributed by atoms with Crippen LogP contribution in [0, 0.1) is 26.6 Å². The number of halogens is 1. The molecule has 0 unspecified atom stereocenters. The van der Waals surface area contributed by atoms with Gasteiger partial charge in [-0.05, 0) is 56.0 Å². The molecule has 5 heteroatoms. The quantitative estimate of drug-likeness (QED) is 0.848. The van der Waals surface area contributed by atoms with E-state index in [1.54, 1.807) is 12.1 Å². The number of carbonyl (C=O) groups excluding carboxylic acids is 2. The third kappa shape index (κ3) is 4.65. The van der Waals surface area contributed by atoms with Crippen LogP contribution in [0.4, 0.5) is 10.1 Å². The molecule has 4 nitrogen and oxygen atoms in total. The Morgan fingerprint density at radius 1 is 0.958 bits per heavy atom. The number of hydrogen-bond donors (Lipinski definition) is 2. The van der Waals surface area contributed by atoms with E-state index >= 15 is 0 Å². The Bertz CT molecular complexity index is 731. The molecule has 126 valence electrons. The van der Waals surface area contributed by atoms with Gasteiger partial charge < -0.3 is 10.6 Å². The number of aryl methyl sites for hydroxylation is 3. The topological polar surface area (TPSA) is 58.2 Å². The Morgan fingerprint density at radius 3 is 2.12 bits per heavy atom. The zero-order chi connectivity index (χ0) is 17.7. The van der Waals surface area contributed by atoms with Gasteiger partial charge in [0.05, 0.1) is 0 Å². The highest BCUT2D eigenvalue weighted by molar-refractivity contribution is 6.39.